The molecule has 0 atom stereocenters. The van der Waals surface area contributed by atoms with Gasteiger partial charge in [-0.2, -0.15) is 4.99 Å². The summed E-state index contributed by atoms with van der Waals surface area (Å²) in [6.45, 7) is 5.21. The number of hydrogen-bond acceptors (Lipinski definition) is 2. The van der Waals surface area contributed by atoms with Crippen LogP contribution >= 0.6 is 0 Å². The molecular formula is C11H15N3O. The van der Waals surface area contributed by atoms with Crippen LogP contribution in [-0.2, 0) is 4.79 Å². The van der Waals surface area contributed by atoms with Gasteiger partial charge in [0.05, 0.1) is 5.71 Å². The number of amidine groups is 1. The van der Waals surface area contributed by atoms with Crippen LogP contribution < -0.4 is 5.73 Å². The van der Waals surface area contributed by atoms with E-state index in [0.717, 1.165) is 12.8 Å². The van der Waals surface area contributed by atoms with Crippen LogP contribution in [0.4, 0.5) is 0 Å². The molecular weight excluding hydrogens is 190 g/mol. The Balaban J connectivity index is 2.67. The molecule has 80 valence electrons. The van der Waals surface area contributed by atoms with Crippen LogP contribution in [0, 0.1) is 11.3 Å². The van der Waals surface area contributed by atoms with E-state index >= 15 is 0 Å². The van der Waals surface area contributed by atoms with Crippen molar-refractivity contribution in [2.24, 2.45) is 16.6 Å². The summed E-state index contributed by atoms with van der Waals surface area (Å²) < 4.78 is 0. The van der Waals surface area contributed by atoms with E-state index in [4.69, 9.17) is 11.1 Å². The van der Waals surface area contributed by atoms with E-state index in [1.54, 1.807) is 6.92 Å². The van der Waals surface area contributed by atoms with E-state index in [0.29, 0.717) is 5.57 Å². The van der Waals surface area contributed by atoms with Gasteiger partial charge in [0.2, 0.25) is 0 Å². The van der Waals surface area contributed by atoms with Gasteiger partial charge in [-0.05, 0) is 37.5 Å². The zero-order chi connectivity index (χ0) is 11.4. The second-order valence-electron chi connectivity index (χ2n) is 3.59. The molecule has 0 heterocycles. The van der Waals surface area contributed by atoms with Crippen molar-refractivity contribution < 1.29 is 4.79 Å². The monoisotopic (exact) mass is 205 g/mol. The average molecular weight is 205 g/mol. The molecule has 0 aromatic heterocycles. The lowest BCUT2D eigenvalue weighted by Gasteiger charge is -1.98. The fraction of sp³-hybridized carbons (Fsp3) is 0.364. The van der Waals surface area contributed by atoms with Crippen molar-refractivity contribution in [2.45, 2.75) is 19.8 Å². The first-order valence-corrected chi connectivity index (χ1v) is 4.82. The molecule has 1 aliphatic carbocycles. The highest BCUT2D eigenvalue weighted by Crippen LogP contribution is 2.30. The van der Waals surface area contributed by atoms with E-state index in [-0.39, 0.29) is 23.4 Å². The second kappa shape index (κ2) is 4.68. The van der Waals surface area contributed by atoms with Crippen molar-refractivity contribution in [3.63, 3.8) is 0 Å². The minimum atomic E-state index is -0.151. The van der Waals surface area contributed by atoms with Crippen LogP contribution in [0.1, 0.15) is 19.8 Å². The van der Waals surface area contributed by atoms with E-state index in [1.807, 2.05) is 0 Å². The normalized spacial score (nSPS) is 17.4. The van der Waals surface area contributed by atoms with Gasteiger partial charge in [0.25, 0.3) is 5.91 Å². The molecule has 0 aromatic carbocycles. The van der Waals surface area contributed by atoms with Crippen LogP contribution in [0.2, 0.25) is 0 Å². The summed E-state index contributed by atoms with van der Waals surface area (Å²) in [6.07, 6.45) is 4.77. The largest absolute Gasteiger partial charge is 0.384 e. The zero-order valence-electron chi connectivity index (χ0n) is 8.79. The van der Waals surface area contributed by atoms with Crippen LogP contribution in [0.15, 0.2) is 29.3 Å². The molecule has 4 nitrogen and oxygen atoms in total. The molecule has 0 saturated heterocycles. The van der Waals surface area contributed by atoms with Crippen molar-refractivity contribution in [3.05, 3.63) is 24.3 Å². The Morgan fingerprint density at radius 2 is 2.20 bits per heavy atom. The lowest BCUT2D eigenvalue weighted by molar-refractivity contribution is -0.118. The number of nitrogens with one attached hydrogen (secondary N) is 1. The maximum atomic E-state index is 11.3. The Morgan fingerprint density at radius 3 is 2.67 bits per heavy atom. The van der Waals surface area contributed by atoms with Gasteiger partial charge in [-0.1, -0.05) is 6.58 Å². The molecule has 0 unspecified atom stereocenters. The van der Waals surface area contributed by atoms with Gasteiger partial charge < -0.3 is 11.1 Å². The molecule has 0 aliphatic heterocycles. The number of nitrogens with two attached hydrogens (primary N) is 1. The van der Waals surface area contributed by atoms with E-state index in [2.05, 4.69) is 11.6 Å². The van der Waals surface area contributed by atoms with Crippen LogP contribution in [-0.4, -0.2) is 17.5 Å². The summed E-state index contributed by atoms with van der Waals surface area (Å²) in [6, 6.07) is 0. The molecule has 1 saturated carbocycles. The fourth-order valence-electron chi connectivity index (χ4n) is 1.04. The van der Waals surface area contributed by atoms with Gasteiger partial charge >= 0.3 is 0 Å². The third-order valence-electron chi connectivity index (χ3n) is 2.16. The Hall–Kier alpha value is -1.71. The SMILES string of the molecule is C=CC(=N)/C(C)=C\C(N)=NC(=O)C1CC1. The van der Waals surface area contributed by atoms with Crippen LogP contribution in [0.3, 0.4) is 0 Å². The average Bonchev–Trinajstić information content (AvgIpc) is 2.99. The topological polar surface area (TPSA) is 79.3 Å². The van der Waals surface area contributed by atoms with E-state index in [9.17, 15) is 4.79 Å². The predicted octanol–water partition coefficient (Wildman–Crippen LogP) is 1.43. The predicted molar refractivity (Wildman–Crippen MR) is 61.0 cm³/mol. The lowest BCUT2D eigenvalue weighted by atomic mass is 10.1. The summed E-state index contributed by atoms with van der Waals surface area (Å²) in [5.74, 6) is 0.0915. The summed E-state index contributed by atoms with van der Waals surface area (Å²) in [7, 11) is 0. The molecule has 1 aliphatic rings. The number of aliphatic imine (C=N–C) groups is 1. The Morgan fingerprint density at radius 1 is 1.60 bits per heavy atom. The number of allylic oxidation sites excluding steroid dienone is 2. The van der Waals surface area contributed by atoms with Crippen molar-refractivity contribution in [1.29, 1.82) is 5.41 Å². The van der Waals surface area contributed by atoms with Gasteiger partial charge in [0.1, 0.15) is 5.84 Å². The van der Waals surface area contributed by atoms with Gasteiger partial charge in [0, 0.05) is 5.92 Å². The second-order valence-corrected chi connectivity index (χ2v) is 3.59. The third-order valence-corrected chi connectivity index (χ3v) is 2.16. The van der Waals surface area contributed by atoms with Crippen LogP contribution in [0.25, 0.3) is 0 Å². The molecule has 3 N–H and O–H groups in total. The van der Waals surface area contributed by atoms with Crippen molar-refractivity contribution in [1.82, 2.24) is 0 Å². The Labute approximate surface area is 89.1 Å². The quantitative estimate of drug-likeness (QED) is 0.538. The minimum Gasteiger partial charge on any atom is -0.384 e. The Bertz CT molecular complexity index is 362. The van der Waals surface area contributed by atoms with Crippen molar-refractivity contribution >= 4 is 17.5 Å². The number of nitrogens with zero attached hydrogens (tertiary/aromatic N) is 1. The third kappa shape index (κ3) is 3.50. The van der Waals surface area contributed by atoms with Crippen molar-refractivity contribution in [2.75, 3.05) is 0 Å². The van der Waals surface area contributed by atoms with Gasteiger partial charge in [-0.15, -0.1) is 0 Å². The smallest absolute Gasteiger partial charge is 0.250 e. The number of hydrogen-bond donors (Lipinski definition) is 2. The number of rotatable bonds is 4. The first-order chi connectivity index (χ1) is 7.04. The first-order valence-electron chi connectivity index (χ1n) is 4.82. The molecule has 0 radical (unpaired) electrons. The molecule has 0 bridgehead atoms. The van der Waals surface area contributed by atoms with Gasteiger partial charge in [-0.3, -0.25) is 4.79 Å². The van der Waals surface area contributed by atoms with E-state index in [1.165, 1.54) is 12.2 Å². The zero-order valence-corrected chi connectivity index (χ0v) is 8.79. The van der Waals surface area contributed by atoms with E-state index < -0.39 is 0 Å². The standard InChI is InChI=1S/C11H15N3O/c1-3-9(12)7(2)6-10(13)14-11(15)8-4-5-8/h3,6,8,12H,1,4-5H2,2H3,(H2,13,14,15)/b7-6-,12-9?. The summed E-state index contributed by atoms with van der Waals surface area (Å²) >= 11 is 0. The van der Waals surface area contributed by atoms with Crippen LogP contribution in [0.5, 0.6) is 0 Å². The number of carbonyl (C=O) groups excluding carboxylic acids is 1. The van der Waals surface area contributed by atoms with Gasteiger partial charge in [-0.25, -0.2) is 0 Å². The lowest BCUT2D eigenvalue weighted by Crippen LogP contribution is -2.13. The summed E-state index contributed by atoms with van der Waals surface area (Å²) in [4.78, 5) is 15.0. The highest BCUT2D eigenvalue weighted by atomic mass is 16.1. The highest BCUT2D eigenvalue weighted by Gasteiger charge is 2.29. The van der Waals surface area contributed by atoms with Crippen molar-refractivity contribution in [3.8, 4) is 0 Å². The fourth-order valence-corrected chi connectivity index (χ4v) is 1.04. The Kier molecular flexibility index (Phi) is 3.55. The number of amides is 1. The molecule has 0 spiro atoms. The van der Waals surface area contributed by atoms with Gasteiger partial charge in [0.15, 0.2) is 0 Å². The maximum Gasteiger partial charge on any atom is 0.250 e. The first kappa shape index (κ1) is 11.4. The molecule has 15 heavy (non-hydrogen) atoms. The molecule has 1 fully saturated rings. The highest BCUT2D eigenvalue weighted by molar-refractivity contribution is 6.11. The maximum absolute atomic E-state index is 11.3. The molecule has 0 aromatic rings. The minimum absolute atomic E-state index is 0.0797. The number of carbonyl (C=O) groups is 1. The summed E-state index contributed by atoms with van der Waals surface area (Å²) in [5.41, 5.74) is 6.49. The molecule has 1 rings (SSSR count). The molecule has 1 amide bonds. The summed E-state index contributed by atoms with van der Waals surface area (Å²) in [5, 5.41) is 7.43. The molecule has 4 heteroatoms.